The number of likely N-dealkylation sites (N-methyl/N-ethyl adjacent to an activating group) is 2. The van der Waals surface area contributed by atoms with Gasteiger partial charge in [0.1, 0.15) is 0 Å². The lowest BCUT2D eigenvalue weighted by molar-refractivity contribution is -0.890. The molecule has 0 atom stereocenters. The second-order valence-corrected chi connectivity index (χ2v) is 7.66. The quantitative estimate of drug-likeness (QED) is 0.125. The molecule has 6 nitrogen and oxygen atoms in total. The molecule has 2 fully saturated rings. The van der Waals surface area contributed by atoms with Crippen molar-refractivity contribution in [1.29, 1.82) is 0 Å². The number of hydrogen-bond acceptors (Lipinski definition) is 4. The van der Waals surface area contributed by atoms with Crippen LogP contribution in [0.25, 0.3) is 0 Å². The molecule has 0 radical (unpaired) electrons. The topological polar surface area (TPSA) is 52.6 Å². The van der Waals surface area contributed by atoms with Crippen LogP contribution in [0.5, 0.6) is 0 Å². The Morgan fingerprint density at radius 2 is 1.04 bits per heavy atom. The molecule has 0 N–H and O–H groups in total. The number of ether oxygens (including phenoxy) is 2. The minimum absolute atomic E-state index is 0. The van der Waals surface area contributed by atoms with Crippen molar-refractivity contribution in [3.05, 3.63) is 0 Å². The van der Waals surface area contributed by atoms with Crippen molar-refractivity contribution in [1.82, 2.24) is 0 Å². The first-order valence-electron chi connectivity index (χ1n) is 8.89. The molecule has 2 aliphatic rings. The minimum Gasteiger partial charge on any atom is -1.00 e. The summed E-state index contributed by atoms with van der Waals surface area (Å²) < 4.78 is 12.1. The van der Waals surface area contributed by atoms with Crippen LogP contribution in [0.1, 0.15) is 32.1 Å². The van der Waals surface area contributed by atoms with Gasteiger partial charge in [0.05, 0.1) is 53.5 Å². The van der Waals surface area contributed by atoms with E-state index in [1.807, 2.05) is 0 Å². The molecular weight excluding hydrogens is 550 g/mol. The molecule has 2 saturated heterocycles. The van der Waals surface area contributed by atoms with Gasteiger partial charge in [0.2, 0.25) is 0 Å². The molecule has 0 aliphatic carbocycles. The van der Waals surface area contributed by atoms with E-state index in [1.165, 1.54) is 25.7 Å². The predicted molar refractivity (Wildman–Crippen MR) is 86.6 cm³/mol. The number of rotatable bonds is 8. The van der Waals surface area contributed by atoms with Gasteiger partial charge in [-0.05, 0) is 0 Å². The monoisotopic (exact) mass is 582 g/mol. The molecule has 25 heavy (non-hydrogen) atoms. The molecule has 2 heterocycles. The molecular formula is C17H32I2N2O4. The normalized spacial score (nSPS) is 20.2. The highest BCUT2D eigenvalue weighted by molar-refractivity contribution is 5.71. The Kier molecular flexibility index (Phi) is 12.1. The van der Waals surface area contributed by atoms with Gasteiger partial charge in [0, 0.05) is 32.1 Å². The van der Waals surface area contributed by atoms with Crippen LogP contribution in [0.15, 0.2) is 0 Å². The summed E-state index contributed by atoms with van der Waals surface area (Å²) in [5, 5.41) is 0. The summed E-state index contributed by atoms with van der Waals surface area (Å²) in [5.41, 5.74) is 0. The Hall–Kier alpha value is 0.320. The van der Waals surface area contributed by atoms with Crippen LogP contribution in [0.3, 0.4) is 0 Å². The van der Waals surface area contributed by atoms with Crippen LogP contribution >= 0.6 is 0 Å². The van der Waals surface area contributed by atoms with Crippen LogP contribution in [-0.2, 0) is 19.1 Å². The Balaban J connectivity index is 0.00000288. The third-order valence-corrected chi connectivity index (χ3v) is 5.13. The highest BCUT2D eigenvalue weighted by atomic mass is 127. The average molecular weight is 582 g/mol. The van der Waals surface area contributed by atoms with Crippen molar-refractivity contribution in [2.75, 3.05) is 66.6 Å². The van der Waals surface area contributed by atoms with E-state index in [4.69, 9.17) is 9.47 Å². The SMILES string of the molecule is C[N+]1(CC(=O)OCCCOC(=O)C[N+]2(C)CCCC2)CCCC1.[I-].[I-]. The van der Waals surface area contributed by atoms with E-state index in [-0.39, 0.29) is 59.9 Å². The molecule has 148 valence electrons. The predicted octanol–water partition coefficient (Wildman–Crippen LogP) is -5.05. The zero-order chi connectivity index (χ0) is 16.8. The zero-order valence-electron chi connectivity index (χ0n) is 15.5. The average Bonchev–Trinajstić information content (AvgIpc) is 3.07. The van der Waals surface area contributed by atoms with Gasteiger partial charge in [0.15, 0.2) is 13.1 Å². The summed E-state index contributed by atoms with van der Waals surface area (Å²) in [4.78, 5) is 23.7. The molecule has 0 amide bonds. The molecule has 0 bridgehead atoms. The Bertz CT molecular complexity index is 385. The molecule has 0 aromatic heterocycles. The van der Waals surface area contributed by atoms with Crippen LogP contribution in [-0.4, -0.2) is 87.5 Å². The standard InChI is InChI=1S/C17H32N2O4.2HI/c1-18(8-3-4-9-18)14-16(20)22-12-7-13-23-17(21)15-19(2)10-5-6-11-19;;/h3-15H2,1-2H3;2*1H/q+2;;/p-2. The highest BCUT2D eigenvalue weighted by Gasteiger charge is 2.31. The fourth-order valence-electron chi connectivity index (χ4n) is 3.66. The number of carbonyl (C=O) groups is 2. The number of likely N-dealkylation sites (tertiary alicyclic amines) is 2. The zero-order valence-corrected chi connectivity index (χ0v) is 19.8. The lowest BCUT2D eigenvalue weighted by atomic mass is 10.4. The first kappa shape index (κ1) is 25.3. The summed E-state index contributed by atoms with van der Waals surface area (Å²) >= 11 is 0. The van der Waals surface area contributed by atoms with Gasteiger partial charge in [-0.2, -0.15) is 0 Å². The fourth-order valence-corrected chi connectivity index (χ4v) is 3.66. The number of esters is 2. The van der Waals surface area contributed by atoms with E-state index in [2.05, 4.69) is 14.1 Å². The van der Waals surface area contributed by atoms with E-state index < -0.39 is 0 Å². The second kappa shape index (κ2) is 11.9. The fraction of sp³-hybridized carbons (Fsp3) is 0.882. The van der Waals surface area contributed by atoms with Crippen LogP contribution < -0.4 is 48.0 Å². The van der Waals surface area contributed by atoms with Gasteiger partial charge in [-0.3, -0.25) is 0 Å². The molecule has 8 heteroatoms. The molecule has 0 aromatic carbocycles. The molecule has 0 spiro atoms. The van der Waals surface area contributed by atoms with E-state index in [1.54, 1.807) is 0 Å². The maximum Gasteiger partial charge on any atom is 0.361 e. The number of hydrogen-bond donors (Lipinski definition) is 0. The molecule has 0 aromatic rings. The van der Waals surface area contributed by atoms with Gasteiger partial charge in [-0.1, -0.05) is 0 Å². The minimum atomic E-state index is -0.143. The van der Waals surface area contributed by atoms with Crippen LogP contribution in [0, 0.1) is 0 Å². The number of nitrogens with zero attached hydrogens (tertiary/aromatic N) is 2. The van der Waals surface area contributed by atoms with Crippen molar-refractivity contribution in [3.8, 4) is 0 Å². The van der Waals surface area contributed by atoms with Gasteiger partial charge in [0.25, 0.3) is 0 Å². The smallest absolute Gasteiger partial charge is 0.361 e. The Labute approximate surface area is 185 Å². The first-order chi connectivity index (χ1) is 10.9. The Morgan fingerprint density at radius 3 is 1.36 bits per heavy atom. The van der Waals surface area contributed by atoms with Gasteiger partial charge in [-0.25, -0.2) is 9.59 Å². The van der Waals surface area contributed by atoms with E-state index in [9.17, 15) is 9.59 Å². The number of halogens is 2. The maximum atomic E-state index is 11.8. The summed E-state index contributed by atoms with van der Waals surface area (Å²) in [7, 11) is 4.22. The van der Waals surface area contributed by atoms with Crippen molar-refractivity contribution in [3.63, 3.8) is 0 Å². The third kappa shape index (κ3) is 9.18. The van der Waals surface area contributed by atoms with E-state index >= 15 is 0 Å². The van der Waals surface area contributed by atoms with E-state index in [0.29, 0.717) is 32.7 Å². The summed E-state index contributed by atoms with van der Waals surface area (Å²) in [6.45, 7) is 5.81. The lowest BCUT2D eigenvalue weighted by Crippen LogP contribution is -3.00. The van der Waals surface area contributed by atoms with Crippen molar-refractivity contribution < 1.29 is 76.0 Å². The van der Waals surface area contributed by atoms with Crippen molar-refractivity contribution >= 4 is 11.9 Å². The van der Waals surface area contributed by atoms with Crippen LogP contribution in [0.2, 0.25) is 0 Å². The summed E-state index contributed by atoms with van der Waals surface area (Å²) in [6, 6.07) is 0. The lowest BCUT2D eigenvalue weighted by Gasteiger charge is -2.27. The molecule has 2 rings (SSSR count). The molecule has 2 aliphatic heterocycles. The van der Waals surface area contributed by atoms with E-state index in [0.717, 1.165) is 35.1 Å². The number of carbonyl (C=O) groups excluding carboxylic acids is 2. The van der Waals surface area contributed by atoms with Gasteiger partial charge < -0.3 is 66.4 Å². The van der Waals surface area contributed by atoms with Crippen molar-refractivity contribution in [2.24, 2.45) is 0 Å². The third-order valence-electron chi connectivity index (χ3n) is 5.13. The Morgan fingerprint density at radius 1 is 0.720 bits per heavy atom. The maximum absolute atomic E-state index is 11.8. The van der Waals surface area contributed by atoms with Crippen molar-refractivity contribution in [2.45, 2.75) is 32.1 Å². The molecule has 0 unspecified atom stereocenters. The van der Waals surface area contributed by atoms with Gasteiger partial charge >= 0.3 is 11.9 Å². The summed E-state index contributed by atoms with van der Waals surface area (Å²) in [5.74, 6) is -0.285. The molecule has 0 saturated carbocycles. The van der Waals surface area contributed by atoms with Crippen LogP contribution in [0.4, 0.5) is 0 Å². The highest BCUT2D eigenvalue weighted by Crippen LogP contribution is 2.16. The first-order valence-corrected chi connectivity index (χ1v) is 8.89. The van der Waals surface area contributed by atoms with Gasteiger partial charge in [-0.15, -0.1) is 0 Å². The number of quaternary nitrogens is 2. The summed E-state index contributed by atoms with van der Waals surface area (Å²) in [6.07, 6.45) is 5.34. The second-order valence-electron chi connectivity index (χ2n) is 7.66. The largest absolute Gasteiger partial charge is 1.00 e.